The molecule has 1 amide bonds. The monoisotopic (exact) mass is 326 g/mol. The predicted octanol–water partition coefficient (Wildman–Crippen LogP) is 2.81. The normalized spacial score (nSPS) is 18.2. The summed E-state index contributed by atoms with van der Waals surface area (Å²) in [7, 11) is 0. The van der Waals surface area contributed by atoms with E-state index in [2.05, 4.69) is 10.3 Å². The standard InChI is InChI=1S/C18H18N2O4/c1-18(2)10-14(12-5-3-4-6-15(12)24-18)20-16(21)13-9-11(17(22)23)7-8-19-13/h3-9,14H,10H2,1-2H3,(H,20,21)(H,22,23). The van der Waals surface area contributed by atoms with E-state index in [0.29, 0.717) is 6.42 Å². The van der Waals surface area contributed by atoms with Crippen molar-refractivity contribution in [2.45, 2.75) is 31.9 Å². The van der Waals surface area contributed by atoms with Crippen LogP contribution in [-0.4, -0.2) is 27.6 Å². The number of carboxylic acids is 1. The Balaban J connectivity index is 1.86. The van der Waals surface area contributed by atoms with Gasteiger partial charge in [-0.05, 0) is 32.0 Å². The lowest BCUT2D eigenvalue weighted by Gasteiger charge is -2.37. The van der Waals surface area contributed by atoms with Crippen LogP contribution in [0.4, 0.5) is 0 Å². The average molecular weight is 326 g/mol. The molecule has 1 unspecified atom stereocenters. The van der Waals surface area contributed by atoms with E-state index >= 15 is 0 Å². The number of amides is 1. The Kier molecular flexibility index (Phi) is 3.97. The maximum absolute atomic E-state index is 12.5. The van der Waals surface area contributed by atoms with Gasteiger partial charge in [0.25, 0.3) is 5.91 Å². The maximum atomic E-state index is 12.5. The van der Waals surface area contributed by atoms with E-state index in [1.54, 1.807) is 0 Å². The SMILES string of the molecule is CC1(C)CC(NC(=O)c2cc(C(=O)O)ccn2)c2ccccc2O1. The Morgan fingerprint density at radius 2 is 2.04 bits per heavy atom. The number of pyridine rings is 1. The molecule has 1 aromatic carbocycles. The number of aromatic carboxylic acids is 1. The quantitative estimate of drug-likeness (QED) is 0.905. The fourth-order valence-electron chi connectivity index (χ4n) is 2.85. The van der Waals surface area contributed by atoms with Crippen LogP contribution < -0.4 is 10.1 Å². The van der Waals surface area contributed by atoms with Gasteiger partial charge in [-0.25, -0.2) is 4.79 Å². The third kappa shape index (κ3) is 3.22. The summed E-state index contributed by atoms with van der Waals surface area (Å²) in [5.41, 5.74) is 0.599. The van der Waals surface area contributed by atoms with Crippen LogP contribution in [0.5, 0.6) is 5.75 Å². The number of carbonyl (C=O) groups excluding carboxylic acids is 1. The maximum Gasteiger partial charge on any atom is 0.335 e. The largest absolute Gasteiger partial charge is 0.487 e. The number of hydrogen-bond acceptors (Lipinski definition) is 4. The summed E-state index contributed by atoms with van der Waals surface area (Å²) >= 11 is 0. The smallest absolute Gasteiger partial charge is 0.335 e. The molecule has 24 heavy (non-hydrogen) atoms. The van der Waals surface area contributed by atoms with Crippen LogP contribution in [0.1, 0.15) is 52.7 Å². The van der Waals surface area contributed by atoms with Gasteiger partial charge in [-0.1, -0.05) is 18.2 Å². The number of carbonyl (C=O) groups is 2. The second-order valence-corrected chi connectivity index (χ2v) is 6.36. The van der Waals surface area contributed by atoms with Crippen LogP contribution in [-0.2, 0) is 0 Å². The first-order chi connectivity index (χ1) is 11.4. The first-order valence-electron chi connectivity index (χ1n) is 7.64. The van der Waals surface area contributed by atoms with Crippen molar-refractivity contribution in [3.05, 3.63) is 59.4 Å². The Bertz CT molecular complexity index is 801. The highest BCUT2D eigenvalue weighted by Crippen LogP contribution is 2.39. The second-order valence-electron chi connectivity index (χ2n) is 6.36. The van der Waals surface area contributed by atoms with Crippen molar-refractivity contribution in [3.63, 3.8) is 0 Å². The van der Waals surface area contributed by atoms with Gasteiger partial charge < -0.3 is 15.2 Å². The molecule has 1 atom stereocenters. The van der Waals surface area contributed by atoms with E-state index in [9.17, 15) is 9.59 Å². The van der Waals surface area contributed by atoms with Crippen molar-refractivity contribution >= 4 is 11.9 Å². The zero-order valence-corrected chi connectivity index (χ0v) is 13.4. The summed E-state index contributed by atoms with van der Waals surface area (Å²) in [5, 5.41) is 12.0. The molecule has 0 spiro atoms. The molecule has 6 heteroatoms. The summed E-state index contributed by atoms with van der Waals surface area (Å²) in [6.07, 6.45) is 1.93. The van der Waals surface area contributed by atoms with Crippen LogP contribution in [0.15, 0.2) is 42.6 Å². The summed E-state index contributed by atoms with van der Waals surface area (Å²) in [6.45, 7) is 3.93. The second kappa shape index (κ2) is 5.96. The number of hydrogen-bond donors (Lipinski definition) is 2. The molecule has 0 aliphatic carbocycles. The van der Waals surface area contributed by atoms with Crippen LogP contribution in [0.25, 0.3) is 0 Å². The molecule has 0 bridgehead atoms. The molecule has 2 aromatic rings. The summed E-state index contributed by atoms with van der Waals surface area (Å²) in [6, 6.07) is 9.96. The van der Waals surface area contributed by atoms with E-state index < -0.39 is 17.5 Å². The van der Waals surface area contributed by atoms with E-state index in [0.717, 1.165) is 11.3 Å². The van der Waals surface area contributed by atoms with Crippen molar-refractivity contribution < 1.29 is 19.4 Å². The average Bonchev–Trinajstić information content (AvgIpc) is 2.54. The number of para-hydroxylation sites is 1. The van der Waals surface area contributed by atoms with Crippen molar-refractivity contribution in [1.29, 1.82) is 0 Å². The minimum absolute atomic E-state index is 0.0304. The third-order valence-electron chi connectivity index (χ3n) is 3.92. The van der Waals surface area contributed by atoms with E-state index in [1.165, 1.54) is 18.3 Å². The van der Waals surface area contributed by atoms with Gasteiger partial charge in [-0.2, -0.15) is 0 Å². The molecule has 0 saturated carbocycles. The number of nitrogens with one attached hydrogen (secondary N) is 1. The molecule has 1 aromatic heterocycles. The molecule has 6 nitrogen and oxygen atoms in total. The van der Waals surface area contributed by atoms with Gasteiger partial charge >= 0.3 is 5.97 Å². The van der Waals surface area contributed by atoms with Gasteiger partial charge in [0.1, 0.15) is 17.0 Å². The van der Waals surface area contributed by atoms with Gasteiger partial charge in [0, 0.05) is 18.2 Å². The summed E-state index contributed by atoms with van der Waals surface area (Å²) in [5.74, 6) is -0.758. The van der Waals surface area contributed by atoms with Crippen molar-refractivity contribution in [2.24, 2.45) is 0 Å². The van der Waals surface area contributed by atoms with Gasteiger partial charge in [-0.15, -0.1) is 0 Å². The van der Waals surface area contributed by atoms with Crippen molar-refractivity contribution in [2.75, 3.05) is 0 Å². The van der Waals surface area contributed by atoms with Crippen molar-refractivity contribution in [1.82, 2.24) is 10.3 Å². The molecule has 1 aliphatic rings. The minimum Gasteiger partial charge on any atom is -0.487 e. The van der Waals surface area contributed by atoms with E-state index in [1.807, 2.05) is 38.1 Å². The highest BCUT2D eigenvalue weighted by Gasteiger charge is 2.34. The lowest BCUT2D eigenvalue weighted by Crippen LogP contribution is -2.41. The highest BCUT2D eigenvalue weighted by molar-refractivity contribution is 5.96. The van der Waals surface area contributed by atoms with Gasteiger partial charge in [0.2, 0.25) is 0 Å². The zero-order chi connectivity index (χ0) is 17.3. The number of fused-ring (bicyclic) bond motifs is 1. The summed E-state index contributed by atoms with van der Waals surface area (Å²) < 4.78 is 5.94. The number of ether oxygens (including phenoxy) is 1. The number of carboxylic acid groups (broad SMARTS) is 1. The van der Waals surface area contributed by atoms with Crippen LogP contribution in [0, 0.1) is 0 Å². The predicted molar refractivity (Wildman–Crippen MR) is 87.2 cm³/mol. The summed E-state index contributed by atoms with van der Waals surface area (Å²) in [4.78, 5) is 27.5. The lowest BCUT2D eigenvalue weighted by molar-refractivity contribution is 0.0618. The molecule has 2 heterocycles. The molecule has 0 fully saturated rings. The van der Waals surface area contributed by atoms with Crippen molar-refractivity contribution in [3.8, 4) is 5.75 Å². The van der Waals surface area contributed by atoms with Gasteiger partial charge in [0.05, 0.1) is 11.6 Å². The molecule has 0 saturated heterocycles. The van der Waals surface area contributed by atoms with E-state index in [4.69, 9.17) is 9.84 Å². The molecular weight excluding hydrogens is 308 g/mol. The van der Waals surface area contributed by atoms with Crippen LogP contribution >= 0.6 is 0 Å². The molecule has 0 radical (unpaired) electrons. The number of benzene rings is 1. The number of nitrogens with zero attached hydrogens (tertiary/aromatic N) is 1. The zero-order valence-electron chi connectivity index (χ0n) is 13.4. The van der Waals surface area contributed by atoms with E-state index in [-0.39, 0.29) is 17.3 Å². The Hall–Kier alpha value is -2.89. The lowest BCUT2D eigenvalue weighted by atomic mass is 9.89. The molecule has 3 rings (SSSR count). The van der Waals surface area contributed by atoms with Gasteiger partial charge in [0.15, 0.2) is 0 Å². The Morgan fingerprint density at radius 1 is 1.29 bits per heavy atom. The molecular formula is C18H18N2O4. The van der Waals surface area contributed by atoms with Gasteiger partial charge in [-0.3, -0.25) is 9.78 Å². The molecule has 1 aliphatic heterocycles. The first-order valence-corrected chi connectivity index (χ1v) is 7.64. The fraction of sp³-hybridized carbons (Fsp3) is 0.278. The Morgan fingerprint density at radius 3 is 2.79 bits per heavy atom. The molecule has 2 N–H and O–H groups in total. The highest BCUT2D eigenvalue weighted by atomic mass is 16.5. The fourth-order valence-corrected chi connectivity index (χ4v) is 2.85. The molecule has 124 valence electrons. The number of rotatable bonds is 3. The van der Waals surface area contributed by atoms with Crippen LogP contribution in [0.2, 0.25) is 0 Å². The first kappa shape index (κ1) is 16.0. The van der Waals surface area contributed by atoms with Crippen LogP contribution in [0.3, 0.4) is 0 Å². The topological polar surface area (TPSA) is 88.5 Å². The third-order valence-corrected chi connectivity index (χ3v) is 3.92. The Labute approximate surface area is 139 Å². The minimum atomic E-state index is -1.09. The number of aromatic nitrogens is 1.